The van der Waals surface area contributed by atoms with Crippen LogP contribution in [0.15, 0.2) is 83.7 Å². The van der Waals surface area contributed by atoms with Crippen molar-refractivity contribution in [2.24, 2.45) is 0 Å². The number of cyclic esters (lactones) is 1. The molecule has 25 heteroatoms. The summed E-state index contributed by atoms with van der Waals surface area (Å²) in [6, 6.07) is 20.0. The number of ether oxygens (including phenoxy) is 6. The standard InChI is InChI=1S/C55H63N7O16S2/c1-4-32-33-10-6-7-11-37(33)60-42-34(32)23-62-39(42)22-36-35(48(62)70)24-75-52(72)55(36,5-2)78-49(71)27(3)57-47(69)38(61-54(80)59-29-15-19-31(20-16-29)77-51-46(68)44(66)41(64)26-74-51)12-8-9-21-56-53(79)58-28-13-17-30(18-14-28)76-50-45(67)43(65)40(63)25-73-50/h6-7,10-11,13-20,22,27,38,40-41,43-46,50-51,63-68H,4-5,8-9,12,21,23-26H2,1-3H3,(H,57,69)(H2,56,58,79)(H2,59,61,80)/t27?,38-,40+,41+,43+,44+,45?,46?,50+,51+,55-/m0/s1. The summed E-state index contributed by atoms with van der Waals surface area (Å²) in [5.41, 5.74) is 2.82. The number of hydrogen-bond acceptors (Lipinski definition) is 19. The lowest BCUT2D eigenvalue weighted by Crippen LogP contribution is -2.54. The average molecular weight is 1140 g/mol. The van der Waals surface area contributed by atoms with E-state index in [4.69, 9.17) is 57.8 Å². The van der Waals surface area contributed by atoms with E-state index in [-0.39, 0.29) is 61.2 Å². The molecule has 4 aliphatic heterocycles. The number of rotatable bonds is 18. The third kappa shape index (κ3) is 12.2. The largest absolute Gasteiger partial charge is 0.462 e. The first-order chi connectivity index (χ1) is 38.4. The first-order valence-electron chi connectivity index (χ1n) is 26.3. The lowest BCUT2D eigenvalue weighted by molar-refractivity contribution is -0.242. The van der Waals surface area contributed by atoms with Gasteiger partial charge >= 0.3 is 11.9 Å². The van der Waals surface area contributed by atoms with Crippen LogP contribution in [0.25, 0.3) is 22.3 Å². The molecule has 23 nitrogen and oxygen atoms in total. The monoisotopic (exact) mass is 1140 g/mol. The molecule has 3 unspecified atom stereocenters. The molecule has 2 fully saturated rings. The Morgan fingerprint density at radius 3 is 1.99 bits per heavy atom. The van der Waals surface area contributed by atoms with Crippen LogP contribution in [0.2, 0.25) is 0 Å². The van der Waals surface area contributed by atoms with Crippen molar-refractivity contribution in [1.82, 2.24) is 25.5 Å². The van der Waals surface area contributed by atoms with Crippen molar-refractivity contribution in [3.8, 4) is 22.9 Å². The number of aliphatic hydroxyl groups excluding tert-OH is 6. The molecule has 9 rings (SSSR count). The number of esters is 2. The third-order valence-corrected chi connectivity index (χ3v) is 15.0. The number of unbranched alkanes of at least 4 members (excludes halogenated alkanes) is 1. The van der Waals surface area contributed by atoms with Gasteiger partial charge in [0.1, 0.15) is 66.8 Å². The number of amides is 1. The minimum atomic E-state index is -2.03. The summed E-state index contributed by atoms with van der Waals surface area (Å²) < 4.78 is 35.3. The van der Waals surface area contributed by atoms with Crippen LogP contribution in [0.5, 0.6) is 11.5 Å². The van der Waals surface area contributed by atoms with Gasteiger partial charge < -0.3 is 90.2 Å². The van der Waals surface area contributed by atoms with Crippen LogP contribution in [0.4, 0.5) is 11.4 Å². The van der Waals surface area contributed by atoms with Crippen LogP contribution in [-0.4, -0.2) is 149 Å². The molecule has 11 atom stereocenters. The van der Waals surface area contributed by atoms with Crippen molar-refractivity contribution in [2.75, 3.05) is 30.4 Å². The first kappa shape index (κ1) is 57.8. The average Bonchev–Trinajstić information content (AvgIpc) is 3.91. The highest BCUT2D eigenvalue weighted by molar-refractivity contribution is 7.80. The zero-order chi connectivity index (χ0) is 57.0. The van der Waals surface area contributed by atoms with Gasteiger partial charge in [-0.1, -0.05) is 32.0 Å². The Morgan fingerprint density at radius 1 is 0.787 bits per heavy atom. The summed E-state index contributed by atoms with van der Waals surface area (Å²) in [6.07, 6.45) is -9.00. The van der Waals surface area contributed by atoms with Crippen molar-refractivity contribution in [3.05, 3.63) is 111 Å². The lowest BCUT2D eigenvalue weighted by atomic mass is 9.85. The van der Waals surface area contributed by atoms with E-state index in [1.165, 1.54) is 6.92 Å². The zero-order valence-electron chi connectivity index (χ0n) is 43.8. The van der Waals surface area contributed by atoms with E-state index in [0.717, 1.165) is 22.0 Å². The molecule has 11 N–H and O–H groups in total. The number of pyridine rings is 2. The number of nitrogens with zero attached hydrogens (tertiary/aromatic N) is 2. The second-order valence-electron chi connectivity index (χ2n) is 19.8. The molecular formula is C55H63N7O16S2. The minimum Gasteiger partial charge on any atom is -0.462 e. The fourth-order valence-electron chi connectivity index (χ4n) is 10.0. The van der Waals surface area contributed by atoms with E-state index in [1.54, 1.807) is 66.1 Å². The molecule has 2 aromatic heterocycles. The number of aryl methyl sites for hydroxylation is 1. The zero-order valence-corrected chi connectivity index (χ0v) is 45.5. The molecule has 6 heterocycles. The summed E-state index contributed by atoms with van der Waals surface area (Å²) >= 11 is 11.2. The van der Waals surface area contributed by atoms with E-state index in [2.05, 4.69) is 26.6 Å². The fraction of sp³-hybridized carbons (Fsp3) is 0.436. The summed E-state index contributed by atoms with van der Waals surface area (Å²) in [5, 5.41) is 76.4. The molecule has 0 spiro atoms. The van der Waals surface area contributed by atoms with Gasteiger partial charge in [0.15, 0.2) is 10.2 Å². The Kier molecular flexibility index (Phi) is 17.9. The van der Waals surface area contributed by atoms with Gasteiger partial charge in [-0.15, -0.1) is 0 Å². The van der Waals surface area contributed by atoms with Crippen molar-refractivity contribution >= 4 is 74.8 Å². The van der Waals surface area contributed by atoms with Crippen LogP contribution < -0.4 is 41.6 Å². The van der Waals surface area contributed by atoms with Crippen LogP contribution in [0, 0.1) is 0 Å². The van der Waals surface area contributed by atoms with Gasteiger partial charge in [0.2, 0.25) is 24.1 Å². The molecule has 0 aliphatic carbocycles. The lowest BCUT2D eigenvalue weighted by Gasteiger charge is -2.36. The molecule has 2 saturated heterocycles. The number of fused-ring (bicyclic) bond motifs is 5. The second-order valence-corrected chi connectivity index (χ2v) is 20.6. The minimum absolute atomic E-state index is 0.0383. The van der Waals surface area contributed by atoms with E-state index in [0.29, 0.717) is 59.4 Å². The number of aromatic nitrogens is 2. The SMILES string of the molecule is CCc1c2c(nc3ccccc13)-c1cc3c(c(=O)n1C2)COC(=O)[C@@]3(CC)OC(=O)C(C)NC(=O)[C@H](CCCCNC(=S)Nc1ccc(O[C@H]2OC[C@@H](O)[C@@H](O)C2O)cc1)NC(=S)Nc1ccc(O[C@H]2OC[C@@H](O)[C@@H](O)C2O)cc1. The Labute approximate surface area is 469 Å². The molecule has 5 aromatic rings. The van der Waals surface area contributed by atoms with Gasteiger partial charge in [0, 0.05) is 34.4 Å². The Morgan fingerprint density at radius 2 is 1.39 bits per heavy atom. The quantitative estimate of drug-likeness (QED) is 0.0332. The molecule has 0 radical (unpaired) electrons. The molecule has 0 bridgehead atoms. The number of thiocarbonyl (C=S) groups is 2. The predicted molar refractivity (Wildman–Crippen MR) is 296 cm³/mol. The van der Waals surface area contributed by atoms with Crippen molar-refractivity contribution < 1.29 is 73.4 Å². The Hall–Kier alpha value is -6.91. The van der Waals surface area contributed by atoms with Crippen molar-refractivity contribution in [2.45, 2.75) is 133 Å². The highest BCUT2D eigenvalue weighted by Crippen LogP contribution is 2.42. The molecular weight excluding hydrogens is 1080 g/mol. The molecule has 0 saturated carbocycles. The number of para-hydroxylation sites is 1. The van der Waals surface area contributed by atoms with Crippen LogP contribution in [0.1, 0.15) is 68.7 Å². The molecule has 4 aliphatic rings. The van der Waals surface area contributed by atoms with Crippen molar-refractivity contribution in [3.63, 3.8) is 0 Å². The van der Waals surface area contributed by atoms with Crippen LogP contribution in [-0.2, 0) is 58.5 Å². The molecule has 426 valence electrons. The van der Waals surface area contributed by atoms with Crippen molar-refractivity contribution in [1.29, 1.82) is 0 Å². The van der Waals surface area contributed by atoms with Crippen LogP contribution in [0.3, 0.4) is 0 Å². The van der Waals surface area contributed by atoms with Gasteiger partial charge in [-0.25, -0.2) is 14.6 Å². The summed E-state index contributed by atoms with van der Waals surface area (Å²) in [7, 11) is 0. The number of aliphatic hydroxyl groups is 6. The van der Waals surface area contributed by atoms with E-state index in [1.807, 2.05) is 31.2 Å². The number of anilines is 2. The van der Waals surface area contributed by atoms with Gasteiger partial charge in [0.25, 0.3) is 5.56 Å². The summed E-state index contributed by atoms with van der Waals surface area (Å²) in [5.74, 6) is -1.85. The van der Waals surface area contributed by atoms with Gasteiger partial charge in [-0.2, -0.15) is 0 Å². The topological polar surface area (TPSA) is 323 Å². The fourth-order valence-corrected chi connectivity index (χ4v) is 10.5. The number of hydrogen-bond donors (Lipinski definition) is 11. The molecule has 80 heavy (non-hydrogen) atoms. The van der Waals surface area contributed by atoms with Gasteiger partial charge in [-0.05, 0) is 130 Å². The number of benzene rings is 3. The molecule has 3 aromatic carbocycles. The predicted octanol–water partition coefficient (Wildman–Crippen LogP) is 1.85. The molecule has 1 amide bonds. The maximum Gasteiger partial charge on any atom is 0.355 e. The third-order valence-electron chi connectivity index (χ3n) is 14.5. The van der Waals surface area contributed by atoms with Crippen LogP contribution >= 0.6 is 24.4 Å². The van der Waals surface area contributed by atoms with Gasteiger partial charge in [0.05, 0.1) is 42.2 Å². The maximum atomic E-state index is 14.3. The Balaban J connectivity index is 0.851. The Bertz CT molecular complexity index is 3190. The smallest absolute Gasteiger partial charge is 0.355 e. The summed E-state index contributed by atoms with van der Waals surface area (Å²) in [4.78, 5) is 61.7. The number of nitrogens with one attached hydrogen (secondary N) is 5. The highest BCUT2D eigenvalue weighted by atomic mass is 32.1. The number of carbonyl (C=O) groups is 3. The first-order valence-corrected chi connectivity index (χ1v) is 27.1. The normalized spacial score (nSPS) is 24.6. The van der Waals surface area contributed by atoms with E-state index >= 15 is 0 Å². The summed E-state index contributed by atoms with van der Waals surface area (Å²) in [6.45, 7) is 4.98. The maximum absolute atomic E-state index is 14.3. The highest BCUT2D eigenvalue weighted by Gasteiger charge is 2.51. The second kappa shape index (κ2) is 24.8. The van der Waals surface area contributed by atoms with E-state index < -0.39 is 90.3 Å². The number of carbonyl (C=O) groups excluding carboxylic acids is 3. The van der Waals surface area contributed by atoms with E-state index in [9.17, 15) is 49.8 Å². The van der Waals surface area contributed by atoms with Gasteiger partial charge in [-0.3, -0.25) is 9.59 Å².